The maximum absolute atomic E-state index is 12.3. The number of rotatable bonds is 3. The van der Waals surface area contributed by atoms with Crippen LogP contribution in [0.15, 0.2) is 12.3 Å². The highest BCUT2D eigenvalue weighted by Gasteiger charge is 2.14. The third-order valence-electron chi connectivity index (χ3n) is 1.58. The minimum Gasteiger partial charge on any atom is -0.495 e. The van der Waals surface area contributed by atoms with Gasteiger partial charge in [-0.2, -0.15) is 0 Å². The normalized spacial score (nSPS) is 10.5. The molecule has 13 heavy (non-hydrogen) atoms. The third-order valence-corrected chi connectivity index (χ3v) is 1.58. The van der Waals surface area contributed by atoms with Crippen LogP contribution in [-0.4, -0.2) is 12.1 Å². The third kappa shape index (κ3) is 2.11. The average Bonchev–Trinajstić information content (AvgIpc) is 2.16. The smallest absolute Gasteiger partial charge is 0.265 e. The lowest BCUT2D eigenvalue weighted by molar-refractivity contribution is 0.148. The monoisotopic (exact) mass is 191 g/mol. The van der Waals surface area contributed by atoms with Crippen LogP contribution in [0, 0.1) is 0 Å². The summed E-state index contributed by atoms with van der Waals surface area (Å²) in [5, 5.41) is 0. The number of alkyl halides is 3. The molecule has 0 fully saturated rings. The fraction of sp³-hybridized carbons (Fsp3) is 0.375. The minimum absolute atomic E-state index is 0.201. The van der Waals surface area contributed by atoms with Crippen molar-refractivity contribution in [3.63, 3.8) is 0 Å². The molecule has 0 aliphatic rings. The van der Waals surface area contributed by atoms with E-state index in [1.807, 2.05) is 0 Å². The van der Waals surface area contributed by atoms with Crippen molar-refractivity contribution < 1.29 is 17.9 Å². The van der Waals surface area contributed by atoms with Crippen LogP contribution in [0.1, 0.15) is 17.7 Å². The van der Waals surface area contributed by atoms with Crippen LogP contribution in [0.25, 0.3) is 0 Å². The molecule has 0 aliphatic heterocycles. The Labute approximate surface area is 73.4 Å². The van der Waals surface area contributed by atoms with Gasteiger partial charge in [-0.3, -0.25) is 4.98 Å². The van der Waals surface area contributed by atoms with E-state index in [9.17, 15) is 13.2 Å². The van der Waals surface area contributed by atoms with E-state index in [1.54, 1.807) is 0 Å². The Morgan fingerprint density at radius 1 is 1.54 bits per heavy atom. The van der Waals surface area contributed by atoms with Crippen molar-refractivity contribution >= 4 is 0 Å². The first-order chi connectivity index (χ1) is 6.19. The number of pyridine rings is 1. The van der Waals surface area contributed by atoms with Crippen molar-refractivity contribution in [3.05, 3.63) is 23.5 Å². The topological polar surface area (TPSA) is 22.1 Å². The lowest BCUT2D eigenvalue weighted by atomic mass is 10.2. The number of hydrogen-bond donors (Lipinski definition) is 0. The zero-order chi connectivity index (χ0) is 9.84. The molecule has 72 valence electrons. The van der Waals surface area contributed by atoms with Crippen LogP contribution in [-0.2, 0) is 6.67 Å². The Bertz CT molecular complexity index is 291. The second kappa shape index (κ2) is 4.11. The van der Waals surface area contributed by atoms with E-state index in [0.717, 1.165) is 6.07 Å². The summed E-state index contributed by atoms with van der Waals surface area (Å²) in [5.74, 6) is 0.201. The van der Waals surface area contributed by atoms with Gasteiger partial charge in [0.1, 0.15) is 12.4 Å². The van der Waals surface area contributed by atoms with E-state index in [-0.39, 0.29) is 11.4 Å². The number of hydrogen-bond acceptors (Lipinski definition) is 2. The summed E-state index contributed by atoms with van der Waals surface area (Å²) in [6.07, 6.45) is -1.52. The fourth-order valence-corrected chi connectivity index (χ4v) is 0.902. The van der Waals surface area contributed by atoms with Crippen molar-refractivity contribution in [2.45, 2.75) is 13.1 Å². The molecule has 0 saturated carbocycles. The van der Waals surface area contributed by atoms with Crippen molar-refractivity contribution in [1.29, 1.82) is 0 Å². The fourth-order valence-electron chi connectivity index (χ4n) is 0.902. The van der Waals surface area contributed by atoms with Gasteiger partial charge in [-0.05, 0) is 6.07 Å². The zero-order valence-corrected chi connectivity index (χ0v) is 6.93. The molecule has 5 heteroatoms. The molecule has 0 spiro atoms. The molecule has 1 aromatic rings. The van der Waals surface area contributed by atoms with E-state index in [4.69, 9.17) is 0 Å². The second-order valence-corrected chi connectivity index (χ2v) is 2.35. The Kier molecular flexibility index (Phi) is 3.11. The number of methoxy groups -OCH3 is 1. The van der Waals surface area contributed by atoms with Crippen LogP contribution < -0.4 is 4.74 Å². The van der Waals surface area contributed by atoms with E-state index in [2.05, 4.69) is 9.72 Å². The Hall–Kier alpha value is -1.26. The van der Waals surface area contributed by atoms with Crippen molar-refractivity contribution in [2.75, 3.05) is 7.11 Å². The summed E-state index contributed by atoms with van der Waals surface area (Å²) in [6.45, 7) is -0.996. The summed E-state index contributed by atoms with van der Waals surface area (Å²) >= 11 is 0. The lowest BCUT2D eigenvalue weighted by Gasteiger charge is -2.06. The summed E-state index contributed by atoms with van der Waals surface area (Å²) in [4.78, 5) is 3.51. The maximum atomic E-state index is 12.3. The molecule has 0 N–H and O–H groups in total. The molecule has 0 amide bonds. The lowest BCUT2D eigenvalue weighted by Crippen LogP contribution is -1.97. The van der Waals surface area contributed by atoms with Gasteiger partial charge in [0.05, 0.1) is 19.0 Å². The van der Waals surface area contributed by atoms with Crippen LogP contribution in [0.5, 0.6) is 5.75 Å². The first-order valence-corrected chi connectivity index (χ1v) is 3.56. The van der Waals surface area contributed by atoms with Crippen LogP contribution in [0.4, 0.5) is 13.2 Å². The molecular weight excluding hydrogens is 183 g/mol. The first kappa shape index (κ1) is 9.83. The minimum atomic E-state index is -2.73. The molecule has 1 heterocycles. The van der Waals surface area contributed by atoms with E-state index < -0.39 is 18.7 Å². The van der Waals surface area contributed by atoms with Gasteiger partial charge in [0.25, 0.3) is 6.43 Å². The van der Waals surface area contributed by atoms with Gasteiger partial charge in [-0.25, -0.2) is 13.2 Å². The molecule has 0 aromatic carbocycles. The summed E-state index contributed by atoms with van der Waals surface area (Å²) in [5.41, 5.74) is -0.655. The largest absolute Gasteiger partial charge is 0.495 e. The number of halogens is 3. The molecule has 0 bridgehead atoms. The molecule has 1 rings (SSSR count). The molecule has 1 aromatic heterocycles. The van der Waals surface area contributed by atoms with E-state index in [0.29, 0.717) is 0 Å². The molecule has 0 atom stereocenters. The molecular formula is C8H8F3NO. The summed E-state index contributed by atoms with van der Waals surface area (Å²) < 4.78 is 41.4. The van der Waals surface area contributed by atoms with Crippen molar-refractivity contribution in [1.82, 2.24) is 4.98 Å². The Morgan fingerprint density at radius 3 is 2.69 bits per heavy atom. The SMILES string of the molecule is COc1cnc(CF)c(C(F)F)c1. The van der Waals surface area contributed by atoms with Gasteiger partial charge in [0, 0.05) is 5.56 Å². The highest BCUT2D eigenvalue weighted by atomic mass is 19.3. The standard InChI is InChI=1S/C8H8F3NO/c1-13-5-2-6(8(10)11)7(3-9)12-4-5/h2,4,8H,3H2,1H3. The van der Waals surface area contributed by atoms with Gasteiger partial charge in [0.2, 0.25) is 0 Å². The number of ether oxygens (including phenoxy) is 1. The first-order valence-electron chi connectivity index (χ1n) is 3.56. The van der Waals surface area contributed by atoms with Crippen LogP contribution >= 0.6 is 0 Å². The molecule has 0 saturated heterocycles. The molecule has 0 radical (unpaired) electrons. The van der Waals surface area contributed by atoms with Gasteiger partial charge in [-0.15, -0.1) is 0 Å². The molecule has 2 nitrogen and oxygen atoms in total. The van der Waals surface area contributed by atoms with Crippen molar-refractivity contribution in [3.8, 4) is 5.75 Å². The van der Waals surface area contributed by atoms with E-state index in [1.165, 1.54) is 13.3 Å². The maximum Gasteiger partial charge on any atom is 0.265 e. The summed E-state index contributed by atoms with van der Waals surface area (Å²) in [7, 11) is 1.33. The Balaban J connectivity index is 3.10. The Morgan fingerprint density at radius 2 is 2.23 bits per heavy atom. The van der Waals surface area contributed by atoms with Gasteiger partial charge < -0.3 is 4.74 Å². The predicted octanol–water partition coefficient (Wildman–Crippen LogP) is 2.50. The number of nitrogens with zero attached hydrogens (tertiary/aromatic N) is 1. The van der Waals surface area contributed by atoms with Crippen LogP contribution in [0.2, 0.25) is 0 Å². The molecule has 0 unspecified atom stereocenters. The molecule has 0 aliphatic carbocycles. The van der Waals surface area contributed by atoms with Gasteiger partial charge in [0.15, 0.2) is 0 Å². The van der Waals surface area contributed by atoms with Crippen LogP contribution in [0.3, 0.4) is 0 Å². The quantitative estimate of drug-likeness (QED) is 0.732. The average molecular weight is 191 g/mol. The second-order valence-electron chi connectivity index (χ2n) is 2.35. The van der Waals surface area contributed by atoms with Gasteiger partial charge in [-0.1, -0.05) is 0 Å². The van der Waals surface area contributed by atoms with Gasteiger partial charge >= 0.3 is 0 Å². The predicted molar refractivity (Wildman–Crippen MR) is 40.6 cm³/mol. The highest BCUT2D eigenvalue weighted by molar-refractivity contribution is 5.29. The highest BCUT2D eigenvalue weighted by Crippen LogP contribution is 2.25. The zero-order valence-electron chi connectivity index (χ0n) is 6.93. The number of aromatic nitrogens is 1. The van der Waals surface area contributed by atoms with E-state index >= 15 is 0 Å². The van der Waals surface area contributed by atoms with Crippen molar-refractivity contribution in [2.24, 2.45) is 0 Å². The summed E-state index contributed by atoms with van der Waals surface area (Å²) in [6, 6.07) is 1.09.